The Morgan fingerprint density at radius 1 is 0.839 bits per heavy atom. The Morgan fingerprint density at radius 2 is 1.42 bits per heavy atom. The molecule has 1 heterocycles. The second-order valence-electron chi connectivity index (χ2n) is 7.82. The second-order valence-corrected chi connectivity index (χ2v) is 9.78. The van der Waals surface area contributed by atoms with E-state index in [1.807, 2.05) is 84.9 Å². The zero-order valence-corrected chi connectivity index (χ0v) is 18.1. The molecule has 0 atom stereocenters. The summed E-state index contributed by atoms with van der Waals surface area (Å²) in [5, 5.41) is 3.07. The van der Waals surface area contributed by atoms with Crippen molar-refractivity contribution in [3.63, 3.8) is 0 Å². The SMILES string of the molecule is O=C(Nc1ccccc1-c1ccccc1)C1CCN(S(=O)(=O)Cc2ccccc2)CC1. The van der Waals surface area contributed by atoms with Crippen LogP contribution in [0.2, 0.25) is 0 Å². The van der Waals surface area contributed by atoms with Gasteiger partial charge in [-0.2, -0.15) is 0 Å². The first kappa shape index (κ1) is 21.3. The van der Waals surface area contributed by atoms with Crippen LogP contribution in [0.1, 0.15) is 18.4 Å². The Balaban J connectivity index is 1.38. The molecule has 1 aliphatic heterocycles. The molecule has 1 N–H and O–H groups in total. The summed E-state index contributed by atoms with van der Waals surface area (Å²) < 4.78 is 27.0. The van der Waals surface area contributed by atoms with Gasteiger partial charge in [-0.05, 0) is 30.0 Å². The highest BCUT2D eigenvalue weighted by molar-refractivity contribution is 7.88. The van der Waals surface area contributed by atoms with Crippen LogP contribution >= 0.6 is 0 Å². The fourth-order valence-corrected chi connectivity index (χ4v) is 5.53. The Kier molecular flexibility index (Phi) is 6.49. The number of para-hydroxylation sites is 1. The molecule has 160 valence electrons. The van der Waals surface area contributed by atoms with Crippen LogP contribution < -0.4 is 5.32 Å². The summed E-state index contributed by atoms with van der Waals surface area (Å²) in [5.74, 6) is -0.259. The van der Waals surface area contributed by atoms with Crippen molar-refractivity contribution < 1.29 is 13.2 Å². The maximum atomic E-state index is 12.9. The molecule has 0 saturated carbocycles. The van der Waals surface area contributed by atoms with Gasteiger partial charge in [0, 0.05) is 30.3 Å². The molecule has 1 fully saturated rings. The molecule has 1 amide bonds. The number of nitrogens with zero attached hydrogens (tertiary/aromatic N) is 1. The van der Waals surface area contributed by atoms with E-state index >= 15 is 0 Å². The van der Waals surface area contributed by atoms with Crippen molar-refractivity contribution in [3.05, 3.63) is 90.5 Å². The number of carbonyl (C=O) groups is 1. The minimum atomic E-state index is -3.39. The quantitative estimate of drug-likeness (QED) is 0.620. The fraction of sp³-hybridized carbons (Fsp3) is 0.240. The number of carbonyl (C=O) groups excluding carboxylic acids is 1. The van der Waals surface area contributed by atoms with E-state index in [1.54, 1.807) is 0 Å². The summed E-state index contributed by atoms with van der Waals surface area (Å²) in [6, 6.07) is 26.9. The standard InChI is InChI=1S/C25H26N2O3S/c28-25(26-24-14-8-7-13-23(24)21-11-5-2-6-12-21)22-15-17-27(18-16-22)31(29,30)19-20-9-3-1-4-10-20/h1-14,22H,15-19H2,(H,26,28). The van der Waals surface area contributed by atoms with Crippen LogP contribution in [0.4, 0.5) is 5.69 Å². The van der Waals surface area contributed by atoms with Crippen LogP contribution in [-0.2, 0) is 20.6 Å². The summed E-state index contributed by atoms with van der Waals surface area (Å²) in [7, 11) is -3.39. The molecule has 31 heavy (non-hydrogen) atoms. The molecule has 0 aromatic heterocycles. The van der Waals surface area contributed by atoms with Crippen molar-refractivity contribution in [1.82, 2.24) is 4.31 Å². The molecule has 1 aliphatic rings. The number of rotatable bonds is 6. The molecular formula is C25H26N2O3S. The number of sulfonamides is 1. The van der Waals surface area contributed by atoms with E-state index in [0.29, 0.717) is 25.9 Å². The number of amides is 1. The molecule has 1 saturated heterocycles. The van der Waals surface area contributed by atoms with Gasteiger partial charge in [-0.25, -0.2) is 12.7 Å². The highest BCUT2D eigenvalue weighted by Crippen LogP contribution is 2.29. The minimum absolute atomic E-state index is 0.00481. The average Bonchev–Trinajstić information content (AvgIpc) is 2.80. The number of anilines is 1. The average molecular weight is 435 g/mol. The highest BCUT2D eigenvalue weighted by Gasteiger charge is 2.31. The number of nitrogens with one attached hydrogen (secondary N) is 1. The molecule has 3 aromatic carbocycles. The summed E-state index contributed by atoms with van der Waals surface area (Å²) >= 11 is 0. The van der Waals surface area contributed by atoms with Gasteiger partial charge in [-0.1, -0.05) is 78.9 Å². The third kappa shape index (κ3) is 5.21. The Hall–Kier alpha value is -2.96. The van der Waals surface area contributed by atoms with Gasteiger partial charge in [0.2, 0.25) is 15.9 Å². The third-order valence-corrected chi connectivity index (χ3v) is 7.53. The molecule has 5 nitrogen and oxygen atoms in total. The van der Waals surface area contributed by atoms with Gasteiger partial charge in [0.1, 0.15) is 0 Å². The predicted octanol–water partition coefficient (Wildman–Crippen LogP) is 4.53. The molecule has 4 rings (SSSR count). The Labute approximate surface area is 183 Å². The van der Waals surface area contributed by atoms with Crippen LogP contribution in [0, 0.1) is 5.92 Å². The van der Waals surface area contributed by atoms with Gasteiger partial charge < -0.3 is 5.32 Å². The van der Waals surface area contributed by atoms with Crippen molar-refractivity contribution in [1.29, 1.82) is 0 Å². The van der Waals surface area contributed by atoms with Crippen molar-refractivity contribution >= 4 is 21.6 Å². The van der Waals surface area contributed by atoms with Gasteiger partial charge in [-0.3, -0.25) is 4.79 Å². The lowest BCUT2D eigenvalue weighted by Gasteiger charge is -2.30. The topological polar surface area (TPSA) is 66.5 Å². The van der Waals surface area contributed by atoms with Gasteiger partial charge >= 0.3 is 0 Å². The van der Waals surface area contributed by atoms with Crippen LogP contribution in [0.5, 0.6) is 0 Å². The van der Waals surface area contributed by atoms with Crippen molar-refractivity contribution in [2.45, 2.75) is 18.6 Å². The summed E-state index contributed by atoms with van der Waals surface area (Å²) in [5.41, 5.74) is 3.57. The molecule has 0 aliphatic carbocycles. The van der Waals surface area contributed by atoms with Gasteiger partial charge in [-0.15, -0.1) is 0 Å². The van der Waals surface area contributed by atoms with E-state index in [1.165, 1.54) is 4.31 Å². The number of hydrogen-bond donors (Lipinski definition) is 1. The summed E-state index contributed by atoms with van der Waals surface area (Å²) in [6.07, 6.45) is 1.04. The van der Waals surface area contributed by atoms with E-state index in [2.05, 4.69) is 5.32 Å². The fourth-order valence-electron chi connectivity index (χ4n) is 3.97. The Morgan fingerprint density at radius 3 is 2.10 bits per heavy atom. The second kappa shape index (κ2) is 9.45. The van der Waals surface area contributed by atoms with E-state index in [0.717, 1.165) is 22.4 Å². The largest absolute Gasteiger partial charge is 0.325 e. The molecule has 6 heteroatoms. The highest BCUT2D eigenvalue weighted by atomic mass is 32.2. The van der Waals surface area contributed by atoms with Gasteiger partial charge in [0.15, 0.2) is 0 Å². The van der Waals surface area contributed by atoms with Crippen molar-refractivity contribution in [3.8, 4) is 11.1 Å². The lowest BCUT2D eigenvalue weighted by Crippen LogP contribution is -2.41. The first-order valence-electron chi connectivity index (χ1n) is 10.5. The zero-order valence-electron chi connectivity index (χ0n) is 17.3. The molecular weight excluding hydrogens is 408 g/mol. The Bertz CT molecular complexity index is 1120. The van der Waals surface area contributed by atoms with Gasteiger partial charge in [0.05, 0.1) is 5.75 Å². The predicted molar refractivity (Wildman–Crippen MR) is 124 cm³/mol. The normalized spacial score (nSPS) is 15.5. The minimum Gasteiger partial charge on any atom is -0.325 e. The van der Waals surface area contributed by atoms with E-state index < -0.39 is 10.0 Å². The maximum absolute atomic E-state index is 12.9. The van der Waals surface area contributed by atoms with Crippen LogP contribution in [0.15, 0.2) is 84.9 Å². The molecule has 3 aromatic rings. The maximum Gasteiger partial charge on any atom is 0.227 e. The molecule has 0 radical (unpaired) electrons. The van der Waals surface area contributed by atoms with Crippen LogP contribution in [-0.4, -0.2) is 31.7 Å². The number of benzene rings is 3. The third-order valence-electron chi connectivity index (χ3n) is 5.68. The number of hydrogen-bond acceptors (Lipinski definition) is 3. The van der Waals surface area contributed by atoms with Crippen molar-refractivity contribution in [2.75, 3.05) is 18.4 Å². The lowest BCUT2D eigenvalue weighted by atomic mass is 9.96. The van der Waals surface area contributed by atoms with E-state index in [9.17, 15) is 13.2 Å². The molecule has 0 spiro atoms. The zero-order chi connectivity index (χ0) is 21.7. The van der Waals surface area contributed by atoms with Crippen LogP contribution in [0.25, 0.3) is 11.1 Å². The monoisotopic (exact) mass is 434 g/mol. The van der Waals surface area contributed by atoms with Crippen LogP contribution in [0.3, 0.4) is 0 Å². The number of piperidine rings is 1. The van der Waals surface area contributed by atoms with E-state index in [-0.39, 0.29) is 17.6 Å². The summed E-state index contributed by atoms with van der Waals surface area (Å²) in [4.78, 5) is 12.9. The first-order valence-corrected chi connectivity index (χ1v) is 12.1. The van der Waals surface area contributed by atoms with E-state index in [4.69, 9.17) is 0 Å². The van der Waals surface area contributed by atoms with Gasteiger partial charge in [0.25, 0.3) is 0 Å². The molecule has 0 unspecified atom stereocenters. The van der Waals surface area contributed by atoms with Crippen molar-refractivity contribution in [2.24, 2.45) is 5.92 Å². The molecule has 0 bridgehead atoms. The smallest absolute Gasteiger partial charge is 0.227 e. The first-order chi connectivity index (χ1) is 15.0. The summed E-state index contributed by atoms with van der Waals surface area (Å²) in [6.45, 7) is 0.737. The lowest BCUT2D eigenvalue weighted by molar-refractivity contribution is -0.120.